The van der Waals surface area contributed by atoms with Gasteiger partial charge in [0.25, 0.3) is 5.89 Å². The predicted octanol–water partition coefficient (Wildman–Crippen LogP) is -0.280. The lowest BCUT2D eigenvalue weighted by Crippen LogP contribution is -3.09. The Hall–Kier alpha value is -3.43. The fourth-order valence-corrected chi connectivity index (χ4v) is 3.99. The number of aromatic carboxylic acids is 1. The number of hydrogen-bond donors (Lipinski definition) is 2. The van der Waals surface area contributed by atoms with Crippen molar-refractivity contribution in [2.24, 2.45) is 0 Å². The third-order valence-corrected chi connectivity index (χ3v) is 5.49. The van der Waals surface area contributed by atoms with Crippen molar-refractivity contribution in [3.05, 3.63) is 59.5 Å². The standard InChI is InChI=1S/C21H19N3O6/c25-15-8-16(24(10-15)9-12-1-3-13(4-2-12)21(26)27)20-22-19(23-30-20)14-5-6-17-18(7-14)29-11-28-17/h1-7,15-16,25H,8-11H2,(H,26,27)/t15-,16+/m1/s1. The number of nitrogens with zero attached hydrogens (tertiary/aromatic N) is 2. The van der Waals surface area contributed by atoms with Gasteiger partial charge in [-0.1, -0.05) is 29.4 Å². The van der Waals surface area contributed by atoms with Gasteiger partial charge in [-0.25, -0.2) is 0 Å². The van der Waals surface area contributed by atoms with E-state index in [1.54, 1.807) is 18.2 Å². The summed E-state index contributed by atoms with van der Waals surface area (Å²) in [6.07, 6.45) is 0.0308. The van der Waals surface area contributed by atoms with E-state index in [1.165, 1.54) is 12.1 Å². The molecule has 0 saturated carbocycles. The fourth-order valence-electron chi connectivity index (χ4n) is 3.99. The Morgan fingerprint density at radius 3 is 2.77 bits per heavy atom. The summed E-state index contributed by atoms with van der Waals surface area (Å²) in [5.74, 6) is 1.03. The topological polar surface area (TPSA) is 122 Å². The summed E-state index contributed by atoms with van der Waals surface area (Å²) in [5, 5.41) is 25.3. The maximum Gasteiger partial charge on any atom is 0.285 e. The van der Waals surface area contributed by atoms with Crippen LogP contribution in [0.25, 0.3) is 11.4 Å². The average Bonchev–Trinajstić information content (AvgIpc) is 3.47. The van der Waals surface area contributed by atoms with Crippen LogP contribution in [0, 0.1) is 0 Å². The Balaban J connectivity index is 1.35. The van der Waals surface area contributed by atoms with E-state index in [0.717, 1.165) is 16.0 Å². The molecule has 0 spiro atoms. The number of quaternary nitrogens is 1. The lowest BCUT2D eigenvalue weighted by molar-refractivity contribution is -0.934. The second-order valence-electron chi connectivity index (χ2n) is 7.49. The van der Waals surface area contributed by atoms with Crippen molar-refractivity contribution in [3.8, 4) is 22.9 Å². The number of carboxylic acids is 1. The molecule has 2 N–H and O–H groups in total. The molecule has 5 rings (SSSR count). The molecule has 1 saturated heterocycles. The fraction of sp³-hybridized carbons (Fsp3) is 0.286. The van der Waals surface area contributed by atoms with Crippen LogP contribution in [-0.4, -0.2) is 40.7 Å². The first-order valence-corrected chi connectivity index (χ1v) is 9.63. The largest absolute Gasteiger partial charge is 0.545 e. The SMILES string of the molecule is O=C([O-])c1ccc(C[NH+]2C[C@H](O)C[C@H]2c2nc(-c3ccc4c(c3)OCO4)no2)cc1. The minimum atomic E-state index is -1.20. The molecule has 0 bridgehead atoms. The summed E-state index contributed by atoms with van der Waals surface area (Å²) in [6.45, 7) is 1.32. The summed E-state index contributed by atoms with van der Waals surface area (Å²) in [4.78, 5) is 16.6. The maximum absolute atomic E-state index is 10.9. The second kappa shape index (κ2) is 7.43. The van der Waals surface area contributed by atoms with Crippen LogP contribution in [0.2, 0.25) is 0 Å². The number of carbonyl (C=O) groups is 1. The highest BCUT2D eigenvalue weighted by atomic mass is 16.7. The Morgan fingerprint density at radius 2 is 1.97 bits per heavy atom. The molecule has 2 aromatic carbocycles. The Bertz CT molecular complexity index is 1080. The second-order valence-corrected chi connectivity index (χ2v) is 7.49. The van der Waals surface area contributed by atoms with Crippen molar-refractivity contribution in [1.82, 2.24) is 10.1 Å². The summed E-state index contributed by atoms with van der Waals surface area (Å²) in [7, 11) is 0. The normalized spacial score (nSPS) is 22.4. The van der Waals surface area contributed by atoms with E-state index in [0.29, 0.717) is 42.7 Å². The van der Waals surface area contributed by atoms with Gasteiger partial charge in [0.2, 0.25) is 12.6 Å². The molecule has 3 aromatic rings. The van der Waals surface area contributed by atoms with E-state index in [9.17, 15) is 15.0 Å². The van der Waals surface area contributed by atoms with Crippen molar-refractivity contribution in [3.63, 3.8) is 0 Å². The number of aliphatic hydroxyl groups excluding tert-OH is 1. The van der Waals surface area contributed by atoms with Gasteiger partial charge in [-0.05, 0) is 23.8 Å². The Labute approximate surface area is 171 Å². The van der Waals surface area contributed by atoms with Crippen molar-refractivity contribution in [1.29, 1.82) is 0 Å². The highest BCUT2D eigenvalue weighted by molar-refractivity contribution is 5.85. The van der Waals surface area contributed by atoms with E-state index in [1.807, 2.05) is 12.1 Å². The van der Waals surface area contributed by atoms with Crippen LogP contribution < -0.4 is 19.5 Å². The van der Waals surface area contributed by atoms with Crippen LogP contribution in [0.4, 0.5) is 0 Å². The quantitative estimate of drug-likeness (QED) is 0.590. The zero-order valence-corrected chi connectivity index (χ0v) is 15.9. The lowest BCUT2D eigenvalue weighted by Gasteiger charge is -2.18. The summed E-state index contributed by atoms with van der Waals surface area (Å²) >= 11 is 0. The van der Waals surface area contributed by atoms with Gasteiger partial charge in [-0.3, -0.25) is 0 Å². The number of rotatable bonds is 5. The first kappa shape index (κ1) is 18.6. The molecule has 0 aliphatic carbocycles. The number of aliphatic hydroxyl groups is 1. The molecule has 0 radical (unpaired) electrons. The van der Waals surface area contributed by atoms with Crippen LogP contribution in [0.15, 0.2) is 47.0 Å². The van der Waals surface area contributed by atoms with Crippen molar-refractivity contribution in [2.45, 2.75) is 25.1 Å². The van der Waals surface area contributed by atoms with Crippen molar-refractivity contribution < 1.29 is 33.9 Å². The molecule has 0 amide bonds. The van der Waals surface area contributed by atoms with E-state index in [2.05, 4.69) is 10.1 Å². The van der Waals surface area contributed by atoms with Gasteiger partial charge in [-0.2, -0.15) is 4.98 Å². The zero-order chi connectivity index (χ0) is 20.7. The summed E-state index contributed by atoms with van der Waals surface area (Å²) in [5.41, 5.74) is 1.84. The number of aromatic nitrogens is 2. The first-order chi connectivity index (χ1) is 14.6. The predicted molar refractivity (Wildman–Crippen MR) is 99.5 cm³/mol. The molecule has 154 valence electrons. The van der Waals surface area contributed by atoms with Gasteiger partial charge in [0.1, 0.15) is 19.2 Å². The molecule has 1 fully saturated rings. The van der Waals surface area contributed by atoms with Crippen LogP contribution >= 0.6 is 0 Å². The summed E-state index contributed by atoms with van der Waals surface area (Å²) in [6, 6.07) is 11.9. The molecule has 1 aromatic heterocycles. The minimum Gasteiger partial charge on any atom is -0.545 e. The maximum atomic E-state index is 10.9. The first-order valence-electron chi connectivity index (χ1n) is 9.63. The Morgan fingerprint density at radius 1 is 1.17 bits per heavy atom. The van der Waals surface area contributed by atoms with Crippen LogP contribution in [-0.2, 0) is 6.54 Å². The molecular weight excluding hydrogens is 390 g/mol. The van der Waals surface area contributed by atoms with Gasteiger partial charge in [0.05, 0.1) is 5.97 Å². The molecule has 1 unspecified atom stereocenters. The molecule has 3 heterocycles. The number of likely N-dealkylation sites (tertiary alicyclic amines) is 1. The molecule has 3 atom stereocenters. The van der Waals surface area contributed by atoms with Crippen LogP contribution in [0.1, 0.15) is 34.3 Å². The smallest absolute Gasteiger partial charge is 0.285 e. The van der Waals surface area contributed by atoms with Crippen LogP contribution in [0.3, 0.4) is 0 Å². The van der Waals surface area contributed by atoms with Gasteiger partial charge in [-0.15, -0.1) is 0 Å². The number of carboxylic acid groups (broad SMARTS) is 1. The lowest BCUT2D eigenvalue weighted by atomic mass is 10.1. The molecule has 9 heteroatoms. The number of hydrogen-bond acceptors (Lipinski definition) is 8. The number of benzene rings is 2. The highest BCUT2D eigenvalue weighted by Crippen LogP contribution is 2.35. The van der Waals surface area contributed by atoms with E-state index < -0.39 is 12.1 Å². The number of ether oxygens (including phenoxy) is 2. The Kier molecular flexibility index (Phi) is 4.61. The van der Waals surface area contributed by atoms with E-state index in [4.69, 9.17) is 14.0 Å². The monoisotopic (exact) mass is 409 g/mol. The summed E-state index contributed by atoms with van der Waals surface area (Å²) < 4.78 is 16.3. The van der Waals surface area contributed by atoms with Crippen molar-refractivity contribution in [2.75, 3.05) is 13.3 Å². The van der Waals surface area contributed by atoms with E-state index in [-0.39, 0.29) is 18.4 Å². The van der Waals surface area contributed by atoms with Gasteiger partial charge >= 0.3 is 0 Å². The third-order valence-electron chi connectivity index (χ3n) is 5.49. The average molecular weight is 409 g/mol. The number of nitrogens with one attached hydrogen (secondary N) is 1. The van der Waals surface area contributed by atoms with Gasteiger partial charge < -0.3 is 33.9 Å². The zero-order valence-electron chi connectivity index (χ0n) is 15.9. The van der Waals surface area contributed by atoms with Crippen LogP contribution in [0.5, 0.6) is 11.5 Å². The number of fused-ring (bicyclic) bond motifs is 1. The molecular formula is C21H19N3O6. The molecule has 30 heavy (non-hydrogen) atoms. The molecule has 2 aliphatic heterocycles. The third kappa shape index (κ3) is 3.49. The minimum absolute atomic E-state index is 0.136. The van der Waals surface area contributed by atoms with E-state index >= 15 is 0 Å². The molecule has 9 nitrogen and oxygen atoms in total. The van der Waals surface area contributed by atoms with Crippen molar-refractivity contribution >= 4 is 5.97 Å². The van der Waals surface area contributed by atoms with Gasteiger partial charge in [0.15, 0.2) is 17.5 Å². The molecule has 2 aliphatic rings. The highest BCUT2D eigenvalue weighted by Gasteiger charge is 2.40. The number of carbonyl (C=O) groups excluding carboxylic acids is 1. The van der Waals surface area contributed by atoms with Gasteiger partial charge in [0, 0.05) is 17.5 Å².